The van der Waals surface area contributed by atoms with E-state index in [1.54, 1.807) is 4.90 Å². The highest BCUT2D eigenvalue weighted by molar-refractivity contribution is 7.89. The Kier molecular flexibility index (Phi) is 4.92. The topological polar surface area (TPSA) is 53.5 Å². The highest BCUT2D eigenvalue weighted by Gasteiger charge is 2.35. The van der Waals surface area contributed by atoms with E-state index in [1.165, 1.54) is 0 Å². The predicted octanol–water partition coefficient (Wildman–Crippen LogP) is 2.95. The minimum Gasteiger partial charge on any atom is -0.345 e. The zero-order valence-electron chi connectivity index (χ0n) is 13.0. The number of anilines is 1. The van der Waals surface area contributed by atoms with E-state index < -0.39 is 33.5 Å². The molecule has 0 unspecified atom stereocenters. The summed E-state index contributed by atoms with van der Waals surface area (Å²) in [6.07, 6.45) is -4.54. The lowest BCUT2D eigenvalue weighted by Gasteiger charge is -2.33. The van der Waals surface area contributed by atoms with Crippen LogP contribution in [-0.2, 0) is 16.2 Å². The molecule has 1 saturated heterocycles. The summed E-state index contributed by atoms with van der Waals surface area (Å²) in [5.41, 5.74) is -0.991. The second kappa shape index (κ2) is 6.74. The van der Waals surface area contributed by atoms with Gasteiger partial charge in [-0.1, -0.05) is 0 Å². The molecule has 0 radical (unpaired) electrons. The van der Waals surface area contributed by atoms with E-state index in [9.17, 15) is 30.4 Å². The van der Waals surface area contributed by atoms with Gasteiger partial charge in [0.25, 0.3) is 0 Å². The summed E-state index contributed by atoms with van der Waals surface area (Å²) < 4.78 is 90.2. The van der Waals surface area contributed by atoms with E-state index in [4.69, 9.17) is 0 Å². The molecule has 1 aliphatic heterocycles. The van der Waals surface area contributed by atoms with Crippen molar-refractivity contribution in [3.8, 4) is 0 Å². The third-order valence-electron chi connectivity index (χ3n) is 3.82. The molecule has 1 aliphatic rings. The predicted molar refractivity (Wildman–Crippen MR) is 84.4 cm³/mol. The van der Waals surface area contributed by atoms with Crippen molar-refractivity contribution < 1.29 is 30.4 Å². The first-order valence-electron chi connectivity index (χ1n) is 7.32. The highest BCUT2D eigenvalue weighted by atomic mass is 32.2. The van der Waals surface area contributed by atoms with E-state index in [2.05, 4.69) is 4.98 Å². The van der Waals surface area contributed by atoms with Crippen molar-refractivity contribution in [2.45, 2.75) is 11.1 Å². The first kappa shape index (κ1) is 19.0. The van der Waals surface area contributed by atoms with Crippen molar-refractivity contribution in [2.24, 2.45) is 0 Å². The molecule has 0 aliphatic carbocycles. The molecule has 0 atom stereocenters. The summed E-state index contributed by atoms with van der Waals surface area (Å²) in [6.45, 7) is 0.242. The molecule has 26 heavy (non-hydrogen) atoms. The van der Waals surface area contributed by atoms with Gasteiger partial charge in [-0.2, -0.15) is 17.5 Å². The number of rotatable bonds is 3. The van der Waals surface area contributed by atoms with Gasteiger partial charge in [-0.15, -0.1) is 11.3 Å². The van der Waals surface area contributed by atoms with Crippen LogP contribution in [0.5, 0.6) is 0 Å². The van der Waals surface area contributed by atoms with E-state index in [-0.39, 0.29) is 36.2 Å². The number of piperazine rings is 1. The zero-order valence-corrected chi connectivity index (χ0v) is 14.6. The number of thiazole rings is 1. The fourth-order valence-electron chi connectivity index (χ4n) is 2.45. The van der Waals surface area contributed by atoms with Crippen molar-refractivity contribution in [1.29, 1.82) is 0 Å². The molecule has 0 bridgehead atoms. The molecule has 1 aromatic heterocycles. The van der Waals surface area contributed by atoms with E-state index in [0.29, 0.717) is 6.07 Å². The van der Waals surface area contributed by atoms with Gasteiger partial charge in [0.05, 0.1) is 4.90 Å². The highest BCUT2D eigenvalue weighted by Crippen LogP contribution is 2.33. The molecule has 2 heterocycles. The van der Waals surface area contributed by atoms with Crippen LogP contribution in [0.15, 0.2) is 28.5 Å². The van der Waals surface area contributed by atoms with Gasteiger partial charge in [-0.05, 0) is 18.2 Å². The van der Waals surface area contributed by atoms with Crippen LogP contribution in [0.2, 0.25) is 0 Å². The van der Waals surface area contributed by atoms with Gasteiger partial charge < -0.3 is 4.90 Å². The van der Waals surface area contributed by atoms with Crippen LogP contribution < -0.4 is 4.90 Å². The maximum atomic E-state index is 13.3. The summed E-state index contributed by atoms with van der Waals surface area (Å²) in [5, 5.41) is 1.06. The average molecular weight is 413 g/mol. The van der Waals surface area contributed by atoms with Crippen molar-refractivity contribution in [2.75, 3.05) is 31.1 Å². The molecular weight excluding hydrogens is 401 g/mol. The third kappa shape index (κ3) is 3.67. The zero-order chi connectivity index (χ0) is 19.1. The Morgan fingerprint density at radius 3 is 2.23 bits per heavy atom. The molecular formula is C14H12F5N3O2S2. The SMILES string of the molecule is O=S(=O)(c1ccc(F)c(F)c1)N1CCN(c2nc(C(F)(F)F)cs2)CC1. The Bertz CT molecular complexity index is 906. The standard InChI is InChI=1S/C14H12F5N3O2S2/c15-10-2-1-9(7-11(10)16)26(23,24)22-5-3-21(4-6-22)13-20-12(8-25-13)14(17,18)19/h1-2,7-8H,3-6H2. The molecule has 1 aromatic carbocycles. The Morgan fingerprint density at radius 2 is 1.69 bits per heavy atom. The summed E-state index contributed by atoms with van der Waals surface area (Å²) >= 11 is 0.827. The minimum absolute atomic E-state index is 0.0116. The summed E-state index contributed by atoms with van der Waals surface area (Å²) in [6, 6.07) is 2.30. The summed E-state index contributed by atoms with van der Waals surface area (Å²) in [5.74, 6) is -2.43. The molecule has 2 aromatic rings. The first-order valence-corrected chi connectivity index (χ1v) is 9.64. The normalized spacial score (nSPS) is 16.9. The lowest BCUT2D eigenvalue weighted by atomic mass is 10.3. The van der Waals surface area contributed by atoms with Crippen LogP contribution in [0, 0.1) is 11.6 Å². The molecule has 12 heteroatoms. The quantitative estimate of drug-likeness (QED) is 0.727. The summed E-state index contributed by atoms with van der Waals surface area (Å²) in [7, 11) is -4.02. The monoisotopic (exact) mass is 413 g/mol. The second-order valence-corrected chi connectivity index (χ2v) is 8.25. The van der Waals surface area contributed by atoms with Gasteiger partial charge in [-0.3, -0.25) is 0 Å². The fourth-order valence-corrected chi connectivity index (χ4v) is 4.77. The van der Waals surface area contributed by atoms with Crippen molar-refractivity contribution in [3.05, 3.63) is 40.9 Å². The van der Waals surface area contributed by atoms with Gasteiger partial charge in [0.15, 0.2) is 22.5 Å². The first-order chi connectivity index (χ1) is 12.1. The van der Waals surface area contributed by atoms with E-state index in [0.717, 1.165) is 33.2 Å². The Hall–Kier alpha value is -1.79. The molecule has 5 nitrogen and oxygen atoms in total. The number of hydrogen-bond donors (Lipinski definition) is 0. The lowest BCUT2D eigenvalue weighted by Crippen LogP contribution is -2.48. The molecule has 1 fully saturated rings. The van der Waals surface area contributed by atoms with Gasteiger partial charge in [0, 0.05) is 31.6 Å². The average Bonchev–Trinajstić information content (AvgIpc) is 3.08. The fraction of sp³-hybridized carbons (Fsp3) is 0.357. The number of halogens is 5. The van der Waals surface area contributed by atoms with Gasteiger partial charge in [0.2, 0.25) is 10.0 Å². The number of nitrogens with zero attached hydrogens (tertiary/aromatic N) is 3. The molecule has 0 spiro atoms. The van der Waals surface area contributed by atoms with Crippen LogP contribution in [0.3, 0.4) is 0 Å². The van der Waals surface area contributed by atoms with Crippen LogP contribution in [0.1, 0.15) is 5.69 Å². The Labute approximate surface area is 149 Å². The van der Waals surface area contributed by atoms with Crippen molar-refractivity contribution >= 4 is 26.5 Å². The van der Waals surface area contributed by atoms with Crippen LogP contribution >= 0.6 is 11.3 Å². The number of benzene rings is 1. The number of hydrogen-bond acceptors (Lipinski definition) is 5. The lowest BCUT2D eigenvalue weighted by molar-refractivity contribution is -0.140. The molecule has 0 amide bonds. The van der Waals surface area contributed by atoms with E-state index in [1.807, 2.05) is 0 Å². The van der Waals surface area contributed by atoms with Crippen LogP contribution in [0.4, 0.5) is 27.1 Å². The van der Waals surface area contributed by atoms with E-state index >= 15 is 0 Å². The number of alkyl halides is 3. The Morgan fingerprint density at radius 1 is 1.04 bits per heavy atom. The molecule has 0 N–H and O–H groups in total. The van der Waals surface area contributed by atoms with Gasteiger partial charge >= 0.3 is 6.18 Å². The largest absolute Gasteiger partial charge is 0.434 e. The molecule has 3 rings (SSSR count). The third-order valence-corrected chi connectivity index (χ3v) is 6.62. The second-order valence-electron chi connectivity index (χ2n) is 5.48. The number of aromatic nitrogens is 1. The molecule has 142 valence electrons. The van der Waals surface area contributed by atoms with Crippen molar-refractivity contribution in [3.63, 3.8) is 0 Å². The maximum absolute atomic E-state index is 13.3. The van der Waals surface area contributed by atoms with Gasteiger partial charge in [0.1, 0.15) is 0 Å². The van der Waals surface area contributed by atoms with Crippen LogP contribution in [0.25, 0.3) is 0 Å². The number of sulfonamides is 1. The maximum Gasteiger partial charge on any atom is 0.434 e. The van der Waals surface area contributed by atoms with Crippen molar-refractivity contribution in [1.82, 2.24) is 9.29 Å². The Balaban J connectivity index is 1.71. The van der Waals surface area contributed by atoms with Crippen LogP contribution in [-0.4, -0.2) is 43.9 Å². The van der Waals surface area contributed by atoms with Gasteiger partial charge in [-0.25, -0.2) is 22.2 Å². The smallest absolute Gasteiger partial charge is 0.345 e. The molecule has 0 saturated carbocycles. The summed E-state index contributed by atoms with van der Waals surface area (Å²) in [4.78, 5) is 4.71. The minimum atomic E-state index is -4.54.